The van der Waals surface area contributed by atoms with E-state index in [1.54, 1.807) is 0 Å². The van der Waals surface area contributed by atoms with Gasteiger partial charge in [-0.2, -0.15) is 0 Å². The molecule has 0 aromatic heterocycles. The van der Waals surface area contributed by atoms with Crippen molar-refractivity contribution in [1.82, 2.24) is 0 Å². The lowest BCUT2D eigenvalue weighted by Gasteiger charge is -2.03. The maximum absolute atomic E-state index is 12.8. The van der Waals surface area contributed by atoms with Gasteiger partial charge < -0.3 is 5.11 Å². The summed E-state index contributed by atoms with van der Waals surface area (Å²) in [4.78, 5) is 10.6. The fourth-order valence-corrected chi connectivity index (χ4v) is 2.15. The van der Waals surface area contributed by atoms with Gasteiger partial charge in [0.05, 0.1) is 0 Å². The Morgan fingerprint density at radius 3 is 2.29 bits per heavy atom. The molecule has 1 N–H and O–H groups in total. The third-order valence-electron chi connectivity index (χ3n) is 1.27. The number of hydrogen-bond donors (Lipinski definition) is 1. The van der Waals surface area contributed by atoms with Gasteiger partial charge in [0.15, 0.2) is 0 Å². The van der Waals surface area contributed by atoms with Gasteiger partial charge in [0, 0.05) is 14.9 Å². The van der Waals surface area contributed by atoms with Crippen LogP contribution in [-0.4, -0.2) is 16.6 Å². The summed E-state index contributed by atoms with van der Waals surface area (Å²) in [5.74, 6) is -1.52. The molecule has 6 heteroatoms. The molecule has 0 amide bonds. The zero-order chi connectivity index (χ0) is 10.7. The van der Waals surface area contributed by atoms with Gasteiger partial charge in [0.1, 0.15) is 0 Å². The first-order valence-electron chi connectivity index (χ1n) is 3.48. The van der Waals surface area contributed by atoms with E-state index in [4.69, 9.17) is 28.3 Å². The Morgan fingerprint density at radius 1 is 1.36 bits per heavy atom. The quantitative estimate of drug-likeness (QED) is 0.840. The molecule has 0 radical (unpaired) electrons. The molecule has 0 saturated heterocycles. The molecule has 1 rings (SSSR count). The second-order valence-corrected chi connectivity index (χ2v) is 4.37. The van der Waals surface area contributed by atoms with Crippen molar-refractivity contribution in [2.45, 2.75) is 10.4 Å². The number of hydrogen-bond acceptors (Lipinski definition) is 2. The zero-order valence-electron chi connectivity index (χ0n) is 6.71. The van der Waals surface area contributed by atoms with Gasteiger partial charge >= 0.3 is 5.97 Å². The third-order valence-corrected chi connectivity index (χ3v) is 2.62. The second-order valence-electron chi connectivity index (χ2n) is 2.38. The zero-order valence-corrected chi connectivity index (χ0v) is 9.04. The van der Waals surface area contributed by atoms with E-state index in [1.807, 2.05) is 0 Å². The maximum atomic E-state index is 12.8. The van der Waals surface area contributed by atoms with Crippen LogP contribution in [0.3, 0.4) is 0 Å². The van der Waals surface area contributed by atoms with Crippen molar-refractivity contribution in [2.75, 3.05) is 0 Å². The Balaban J connectivity index is 2.81. The van der Waals surface area contributed by atoms with Crippen molar-refractivity contribution in [3.05, 3.63) is 28.2 Å². The Labute approximate surface area is 94.0 Å². The van der Waals surface area contributed by atoms with E-state index >= 15 is 0 Å². The van der Waals surface area contributed by atoms with E-state index in [9.17, 15) is 9.18 Å². The van der Waals surface area contributed by atoms with Gasteiger partial charge in [-0.15, -0.1) is 0 Å². The van der Waals surface area contributed by atoms with E-state index in [1.165, 1.54) is 18.2 Å². The number of carboxylic acid groups (broad SMARTS) is 1. The second kappa shape index (κ2) is 4.87. The summed E-state index contributed by atoms with van der Waals surface area (Å²) in [6.07, 6.45) is 0. The van der Waals surface area contributed by atoms with Crippen molar-refractivity contribution in [2.24, 2.45) is 0 Å². The number of halogens is 3. The molecule has 1 aromatic carbocycles. The van der Waals surface area contributed by atoms with Crippen molar-refractivity contribution < 1.29 is 14.3 Å². The summed E-state index contributed by atoms with van der Waals surface area (Å²) >= 11 is 11.8. The average molecular weight is 255 g/mol. The number of alkyl halides is 1. The highest BCUT2D eigenvalue weighted by Crippen LogP contribution is 2.29. The minimum atomic E-state index is -2.01. The normalized spacial score (nSPS) is 12.5. The van der Waals surface area contributed by atoms with Crippen molar-refractivity contribution in [3.63, 3.8) is 0 Å². The van der Waals surface area contributed by atoms with E-state index < -0.39 is 11.5 Å². The molecular weight excluding hydrogens is 250 g/mol. The van der Waals surface area contributed by atoms with Crippen LogP contribution >= 0.6 is 35.0 Å². The molecular formula is C8H5Cl2FO2S. The van der Waals surface area contributed by atoms with E-state index in [0.717, 1.165) is 0 Å². The van der Waals surface area contributed by atoms with Gasteiger partial charge in [0.25, 0.3) is 0 Å². The third kappa shape index (κ3) is 3.36. The van der Waals surface area contributed by atoms with E-state index in [2.05, 4.69) is 0 Å². The molecule has 14 heavy (non-hydrogen) atoms. The molecule has 1 unspecified atom stereocenters. The molecule has 0 spiro atoms. The van der Waals surface area contributed by atoms with Crippen LogP contribution in [0.2, 0.25) is 10.0 Å². The molecule has 0 aliphatic heterocycles. The first-order valence-corrected chi connectivity index (χ1v) is 5.12. The lowest BCUT2D eigenvalue weighted by atomic mass is 10.4. The highest BCUT2D eigenvalue weighted by molar-refractivity contribution is 8.00. The van der Waals surface area contributed by atoms with Gasteiger partial charge in [-0.05, 0) is 18.2 Å². The Kier molecular flexibility index (Phi) is 4.04. The molecule has 0 saturated carbocycles. The molecule has 0 fully saturated rings. The van der Waals surface area contributed by atoms with Crippen LogP contribution in [-0.2, 0) is 4.79 Å². The Morgan fingerprint density at radius 2 is 1.86 bits per heavy atom. The van der Waals surface area contributed by atoms with Gasteiger partial charge in [0.2, 0.25) is 5.50 Å². The van der Waals surface area contributed by atoms with Crippen LogP contribution in [0.4, 0.5) is 4.39 Å². The number of thioether (sulfide) groups is 1. The number of aliphatic carboxylic acids is 1. The average Bonchev–Trinajstić information content (AvgIpc) is 2.01. The summed E-state index contributed by atoms with van der Waals surface area (Å²) in [5, 5.41) is 9.01. The molecule has 0 aliphatic rings. The standard InChI is InChI=1S/C8H5Cl2FO2S/c9-4-1-5(10)3-6(2-4)14-7(11)8(12)13/h1-3,7H,(H,12,13). The number of rotatable bonds is 3. The summed E-state index contributed by atoms with van der Waals surface area (Å²) < 4.78 is 12.8. The van der Waals surface area contributed by atoms with Gasteiger partial charge in [-0.25, -0.2) is 9.18 Å². The largest absolute Gasteiger partial charge is 0.478 e. The summed E-state index contributed by atoms with van der Waals surface area (Å²) in [6, 6.07) is 4.39. The Hall–Kier alpha value is -0.450. The van der Waals surface area contributed by atoms with Gasteiger partial charge in [-0.1, -0.05) is 35.0 Å². The summed E-state index contributed by atoms with van der Waals surface area (Å²) in [5.41, 5.74) is -2.01. The fraction of sp³-hybridized carbons (Fsp3) is 0.125. The highest BCUT2D eigenvalue weighted by atomic mass is 35.5. The van der Waals surface area contributed by atoms with Crippen molar-refractivity contribution >= 4 is 40.9 Å². The number of carboxylic acids is 1. The number of carbonyl (C=O) groups is 1. The predicted octanol–water partition coefficient (Wildman–Crippen LogP) is 3.47. The highest BCUT2D eigenvalue weighted by Gasteiger charge is 2.17. The van der Waals surface area contributed by atoms with Crippen LogP contribution in [0.15, 0.2) is 23.1 Å². The molecule has 2 nitrogen and oxygen atoms in total. The summed E-state index contributed by atoms with van der Waals surface area (Å²) in [6.45, 7) is 0. The lowest BCUT2D eigenvalue weighted by molar-refractivity contribution is -0.139. The lowest BCUT2D eigenvalue weighted by Crippen LogP contribution is -2.09. The van der Waals surface area contributed by atoms with Gasteiger partial charge in [-0.3, -0.25) is 0 Å². The molecule has 76 valence electrons. The van der Waals surface area contributed by atoms with Crippen molar-refractivity contribution in [1.29, 1.82) is 0 Å². The minimum absolute atomic E-state index is 0.345. The smallest absolute Gasteiger partial charge is 0.349 e. The number of benzene rings is 1. The maximum Gasteiger partial charge on any atom is 0.349 e. The molecule has 0 aliphatic carbocycles. The molecule has 0 bridgehead atoms. The topological polar surface area (TPSA) is 37.3 Å². The molecule has 1 aromatic rings. The van der Waals surface area contributed by atoms with Crippen LogP contribution in [0, 0.1) is 0 Å². The van der Waals surface area contributed by atoms with Crippen LogP contribution in [0.1, 0.15) is 0 Å². The van der Waals surface area contributed by atoms with E-state index in [-0.39, 0.29) is 0 Å². The first kappa shape index (κ1) is 11.6. The van der Waals surface area contributed by atoms with Crippen LogP contribution in [0.5, 0.6) is 0 Å². The van der Waals surface area contributed by atoms with Crippen LogP contribution < -0.4 is 0 Å². The summed E-state index contributed by atoms with van der Waals surface area (Å²) in [7, 11) is 0. The monoisotopic (exact) mass is 254 g/mol. The molecule has 0 heterocycles. The first-order chi connectivity index (χ1) is 6.49. The predicted molar refractivity (Wildman–Crippen MR) is 54.9 cm³/mol. The van der Waals surface area contributed by atoms with Crippen molar-refractivity contribution in [3.8, 4) is 0 Å². The van der Waals surface area contributed by atoms with Crippen LogP contribution in [0.25, 0.3) is 0 Å². The Bertz CT molecular complexity index is 339. The SMILES string of the molecule is O=C(O)C(F)Sc1cc(Cl)cc(Cl)c1. The molecule has 1 atom stereocenters. The fourth-order valence-electron chi connectivity index (χ4n) is 0.766. The van der Waals surface area contributed by atoms with E-state index in [0.29, 0.717) is 26.7 Å². The minimum Gasteiger partial charge on any atom is -0.478 e.